The van der Waals surface area contributed by atoms with E-state index >= 15 is 0 Å². The van der Waals surface area contributed by atoms with Crippen molar-refractivity contribution in [1.82, 2.24) is 23.8 Å². The van der Waals surface area contributed by atoms with Gasteiger partial charge in [-0.05, 0) is 40.5 Å². The summed E-state index contributed by atoms with van der Waals surface area (Å²) in [5.41, 5.74) is 0.826. The summed E-state index contributed by atoms with van der Waals surface area (Å²) in [7, 11) is -3.63. The van der Waals surface area contributed by atoms with E-state index in [0.29, 0.717) is 24.8 Å². The number of nitrogens with zero attached hydrogens (tertiary/aromatic N) is 5. The molecule has 3 heterocycles. The van der Waals surface area contributed by atoms with E-state index in [4.69, 9.17) is 4.74 Å². The highest BCUT2D eigenvalue weighted by Gasteiger charge is 2.33. The molecule has 1 saturated heterocycles. The Balaban J connectivity index is 1.74. The summed E-state index contributed by atoms with van der Waals surface area (Å²) in [6, 6.07) is 1.93. The van der Waals surface area contributed by atoms with Crippen LogP contribution in [0, 0.1) is 13.8 Å². The van der Waals surface area contributed by atoms with Crippen molar-refractivity contribution in [1.29, 1.82) is 0 Å². The van der Waals surface area contributed by atoms with E-state index in [2.05, 4.69) is 15.0 Å². The molecule has 2 aromatic rings. The number of aryl methyl sites for hydroxylation is 2. The number of imidazole rings is 1. The maximum absolute atomic E-state index is 12.9. The van der Waals surface area contributed by atoms with Gasteiger partial charge in [-0.1, -0.05) is 0 Å². The average Bonchev–Trinajstić information content (AvgIpc) is 3.05. The van der Waals surface area contributed by atoms with Crippen LogP contribution in [0.5, 0.6) is 5.88 Å². The van der Waals surface area contributed by atoms with Gasteiger partial charge in [0.2, 0.25) is 5.88 Å². The molecule has 0 bridgehead atoms. The highest BCUT2D eigenvalue weighted by Crippen LogP contribution is 2.23. The first-order valence-corrected chi connectivity index (χ1v) is 10.2. The summed E-state index contributed by atoms with van der Waals surface area (Å²) in [5.74, 6) is 1.13. The predicted molar refractivity (Wildman–Crippen MR) is 96.5 cm³/mol. The molecule has 1 aliphatic heterocycles. The Kier molecular flexibility index (Phi) is 5.29. The lowest BCUT2D eigenvalue weighted by molar-refractivity contribution is 0.124. The Morgan fingerprint density at radius 1 is 1.27 bits per heavy atom. The molecule has 9 heteroatoms. The minimum Gasteiger partial charge on any atom is -0.473 e. The van der Waals surface area contributed by atoms with Gasteiger partial charge in [0.05, 0.1) is 12.9 Å². The smallest absolute Gasteiger partial charge is 0.262 e. The molecule has 0 saturated carbocycles. The van der Waals surface area contributed by atoms with Crippen molar-refractivity contribution in [2.75, 3.05) is 13.1 Å². The van der Waals surface area contributed by atoms with Gasteiger partial charge in [0, 0.05) is 30.5 Å². The summed E-state index contributed by atoms with van der Waals surface area (Å²) in [5, 5.41) is 0.0839. The van der Waals surface area contributed by atoms with Crippen LogP contribution < -0.4 is 4.74 Å². The van der Waals surface area contributed by atoms with E-state index in [1.807, 2.05) is 27.7 Å². The molecule has 1 unspecified atom stereocenters. The molecule has 0 aromatic carbocycles. The molecule has 0 amide bonds. The fraction of sp³-hybridized carbons (Fsp3) is 0.588. The van der Waals surface area contributed by atoms with Gasteiger partial charge in [-0.3, -0.25) is 0 Å². The number of ether oxygens (including phenoxy) is 1. The highest BCUT2D eigenvalue weighted by molar-refractivity contribution is 7.89. The van der Waals surface area contributed by atoms with E-state index in [-0.39, 0.29) is 17.2 Å². The zero-order valence-electron chi connectivity index (χ0n) is 15.6. The molecule has 2 aromatic heterocycles. The molecule has 0 N–H and O–H groups in total. The molecule has 3 rings (SSSR count). The number of aromatic nitrogens is 4. The van der Waals surface area contributed by atoms with E-state index in [0.717, 1.165) is 18.5 Å². The summed E-state index contributed by atoms with van der Waals surface area (Å²) in [6.45, 7) is 8.41. The molecule has 0 aliphatic carbocycles. The average molecular weight is 379 g/mol. The van der Waals surface area contributed by atoms with Gasteiger partial charge >= 0.3 is 0 Å². The Morgan fingerprint density at radius 2 is 2.04 bits per heavy atom. The summed E-state index contributed by atoms with van der Waals surface area (Å²) >= 11 is 0. The van der Waals surface area contributed by atoms with Crippen LogP contribution >= 0.6 is 0 Å². The molecule has 26 heavy (non-hydrogen) atoms. The topological polar surface area (TPSA) is 90.2 Å². The van der Waals surface area contributed by atoms with E-state index in [1.54, 1.807) is 23.2 Å². The molecule has 0 spiro atoms. The Labute approximate surface area is 154 Å². The second-order valence-corrected chi connectivity index (χ2v) is 8.78. The molecule has 8 nitrogen and oxygen atoms in total. The Hall–Kier alpha value is -2.00. The van der Waals surface area contributed by atoms with Crippen LogP contribution in [-0.2, 0) is 10.0 Å². The SMILES string of the molecule is Cc1cc(OC2CCCN(S(=O)(=O)c3cn(C(C)C)cn3)C2)nc(C)n1. The zero-order chi connectivity index (χ0) is 18.9. The van der Waals surface area contributed by atoms with Crippen molar-refractivity contribution in [3.63, 3.8) is 0 Å². The van der Waals surface area contributed by atoms with Crippen molar-refractivity contribution < 1.29 is 13.2 Å². The van der Waals surface area contributed by atoms with Gasteiger partial charge in [0.25, 0.3) is 10.0 Å². The quantitative estimate of drug-likeness (QED) is 0.790. The fourth-order valence-corrected chi connectivity index (χ4v) is 4.43. The molecule has 1 atom stereocenters. The number of rotatable bonds is 5. The second-order valence-electron chi connectivity index (χ2n) is 6.89. The molecule has 0 radical (unpaired) electrons. The van der Waals surface area contributed by atoms with Crippen molar-refractivity contribution in [2.24, 2.45) is 0 Å². The van der Waals surface area contributed by atoms with Gasteiger partial charge in [-0.25, -0.2) is 18.4 Å². The van der Waals surface area contributed by atoms with Crippen LogP contribution in [0.1, 0.15) is 44.2 Å². The number of hydrogen-bond donors (Lipinski definition) is 0. The second kappa shape index (κ2) is 7.32. The van der Waals surface area contributed by atoms with Crippen molar-refractivity contribution in [3.8, 4) is 5.88 Å². The van der Waals surface area contributed by atoms with Crippen LogP contribution in [-0.4, -0.2) is 51.4 Å². The molecular weight excluding hydrogens is 354 g/mol. The number of sulfonamides is 1. The third-order valence-electron chi connectivity index (χ3n) is 4.35. The lowest BCUT2D eigenvalue weighted by Gasteiger charge is -2.31. The summed E-state index contributed by atoms with van der Waals surface area (Å²) in [6.07, 6.45) is 4.43. The molecular formula is C17H25N5O3S. The maximum atomic E-state index is 12.9. The Bertz CT molecular complexity index is 858. The van der Waals surface area contributed by atoms with E-state index in [9.17, 15) is 8.42 Å². The molecule has 142 valence electrons. The van der Waals surface area contributed by atoms with Crippen LogP contribution in [0.25, 0.3) is 0 Å². The van der Waals surface area contributed by atoms with Crippen LogP contribution in [0.3, 0.4) is 0 Å². The van der Waals surface area contributed by atoms with Crippen LogP contribution in [0.2, 0.25) is 0 Å². The first-order chi connectivity index (χ1) is 12.3. The number of piperidine rings is 1. The minimum absolute atomic E-state index is 0.0839. The van der Waals surface area contributed by atoms with Crippen molar-refractivity contribution in [2.45, 2.75) is 57.7 Å². The third kappa shape index (κ3) is 4.04. The van der Waals surface area contributed by atoms with E-state index < -0.39 is 10.0 Å². The molecule has 1 fully saturated rings. The van der Waals surface area contributed by atoms with Crippen LogP contribution in [0.4, 0.5) is 0 Å². The van der Waals surface area contributed by atoms with Crippen molar-refractivity contribution in [3.05, 3.63) is 30.1 Å². The Morgan fingerprint density at radius 3 is 2.69 bits per heavy atom. The van der Waals surface area contributed by atoms with Gasteiger partial charge in [-0.15, -0.1) is 0 Å². The lowest BCUT2D eigenvalue weighted by Crippen LogP contribution is -2.44. The van der Waals surface area contributed by atoms with Gasteiger partial charge in [-0.2, -0.15) is 9.29 Å². The monoisotopic (exact) mass is 379 g/mol. The lowest BCUT2D eigenvalue weighted by atomic mass is 10.1. The predicted octanol–water partition coefficient (Wildman–Crippen LogP) is 2.10. The highest BCUT2D eigenvalue weighted by atomic mass is 32.2. The number of hydrogen-bond acceptors (Lipinski definition) is 6. The fourth-order valence-electron chi connectivity index (χ4n) is 3.00. The van der Waals surface area contributed by atoms with Crippen molar-refractivity contribution >= 4 is 10.0 Å². The summed E-state index contributed by atoms with van der Waals surface area (Å²) in [4.78, 5) is 12.6. The molecule has 1 aliphatic rings. The first-order valence-electron chi connectivity index (χ1n) is 8.78. The van der Waals surface area contributed by atoms with Gasteiger partial charge < -0.3 is 9.30 Å². The largest absolute Gasteiger partial charge is 0.473 e. The normalized spacial score (nSPS) is 19.0. The maximum Gasteiger partial charge on any atom is 0.262 e. The first kappa shape index (κ1) is 18.8. The zero-order valence-corrected chi connectivity index (χ0v) is 16.4. The van der Waals surface area contributed by atoms with Gasteiger partial charge in [0.1, 0.15) is 11.9 Å². The summed E-state index contributed by atoms with van der Waals surface area (Å²) < 4.78 is 35.0. The van der Waals surface area contributed by atoms with Crippen LogP contribution in [0.15, 0.2) is 23.6 Å². The van der Waals surface area contributed by atoms with E-state index in [1.165, 1.54) is 4.31 Å². The standard InChI is InChI=1S/C17H25N5O3S/c1-12(2)21-10-17(18-11-21)26(23,24)22-7-5-6-15(9-22)25-16-8-13(3)19-14(4)20-16/h8,10-12,15H,5-7,9H2,1-4H3. The third-order valence-corrected chi connectivity index (χ3v) is 6.10. The minimum atomic E-state index is -3.63. The van der Waals surface area contributed by atoms with Gasteiger partial charge in [0.15, 0.2) is 5.03 Å².